The molecule has 4 heteroatoms. The fourth-order valence-corrected chi connectivity index (χ4v) is 3.46. The van der Waals surface area contributed by atoms with E-state index in [9.17, 15) is 0 Å². The second-order valence-electron chi connectivity index (χ2n) is 6.49. The van der Waals surface area contributed by atoms with Crippen molar-refractivity contribution in [2.45, 2.75) is 51.6 Å². The average Bonchev–Trinajstić information content (AvgIpc) is 2.40. The minimum absolute atomic E-state index is 0. The highest BCUT2D eigenvalue weighted by Gasteiger charge is 2.25. The maximum absolute atomic E-state index is 3.46. The van der Waals surface area contributed by atoms with Gasteiger partial charge in [0.25, 0.3) is 0 Å². The van der Waals surface area contributed by atoms with E-state index in [0.717, 1.165) is 18.0 Å². The molecule has 19 heavy (non-hydrogen) atoms. The van der Waals surface area contributed by atoms with Crippen LogP contribution in [0.15, 0.2) is 0 Å². The van der Waals surface area contributed by atoms with E-state index < -0.39 is 0 Å². The Kier molecular flexibility index (Phi) is 7.66. The molecule has 114 valence electrons. The Hall–Kier alpha value is 0.170. The molecule has 0 saturated carbocycles. The van der Waals surface area contributed by atoms with Crippen LogP contribution in [0.1, 0.15) is 39.5 Å². The monoisotopic (exact) mass is 289 g/mol. The molecular formula is C15H32ClN3. The van der Waals surface area contributed by atoms with Crippen LogP contribution in [0.5, 0.6) is 0 Å². The molecule has 0 bridgehead atoms. The first-order valence-corrected chi connectivity index (χ1v) is 7.82. The second kappa shape index (κ2) is 8.46. The molecule has 0 aliphatic carbocycles. The molecule has 0 amide bonds. The van der Waals surface area contributed by atoms with Crippen molar-refractivity contribution in [2.75, 3.05) is 39.8 Å². The maximum atomic E-state index is 3.46. The molecule has 0 aromatic carbocycles. The van der Waals surface area contributed by atoms with Crippen molar-refractivity contribution in [2.24, 2.45) is 5.92 Å². The highest BCUT2D eigenvalue weighted by atomic mass is 35.5. The Bertz CT molecular complexity index is 234. The van der Waals surface area contributed by atoms with Gasteiger partial charge >= 0.3 is 0 Å². The molecule has 0 aromatic rings. The minimum atomic E-state index is 0. The van der Waals surface area contributed by atoms with Gasteiger partial charge in [-0.2, -0.15) is 0 Å². The van der Waals surface area contributed by atoms with Gasteiger partial charge in [0.2, 0.25) is 0 Å². The first kappa shape index (κ1) is 17.2. The van der Waals surface area contributed by atoms with Crippen LogP contribution in [0.3, 0.4) is 0 Å². The summed E-state index contributed by atoms with van der Waals surface area (Å²) in [6.45, 7) is 11.0. The summed E-state index contributed by atoms with van der Waals surface area (Å²) in [7, 11) is 2.34. The second-order valence-corrected chi connectivity index (χ2v) is 6.49. The zero-order valence-electron chi connectivity index (χ0n) is 12.9. The fraction of sp³-hybridized carbons (Fsp3) is 1.00. The third kappa shape index (κ3) is 5.22. The van der Waals surface area contributed by atoms with Crippen molar-refractivity contribution in [3.63, 3.8) is 0 Å². The Labute approximate surface area is 125 Å². The SMILES string of the molecule is CC(C)N1CCC(N(C)CC2CCNCC2)CC1.Cl. The zero-order valence-corrected chi connectivity index (χ0v) is 13.7. The quantitative estimate of drug-likeness (QED) is 0.856. The summed E-state index contributed by atoms with van der Waals surface area (Å²) in [5.41, 5.74) is 0. The number of likely N-dealkylation sites (tertiary alicyclic amines) is 1. The van der Waals surface area contributed by atoms with Gasteiger partial charge in [-0.05, 0) is 78.7 Å². The Morgan fingerprint density at radius 2 is 1.68 bits per heavy atom. The Balaban J connectivity index is 0.00000180. The predicted molar refractivity (Wildman–Crippen MR) is 85.2 cm³/mol. The number of nitrogens with zero attached hydrogens (tertiary/aromatic N) is 2. The lowest BCUT2D eigenvalue weighted by Crippen LogP contribution is -2.47. The summed E-state index contributed by atoms with van der Waals surface area (Å²) in [4.78, 5) is 5.27. The van der Waals surface area contributed by atoms with E-state index in [1.807, 2.05) is 0 Å². The van der Waals surface area contributed by atoms with Crippen LogP contribution < -0.4 is 5.32 Å². The molecule has 0 unspecified atom stereocenters. The molecule has 2 heterocycles. The van der Waals surface area contributed by atoms with E-state index in [1.165, 1.54) is 58.4 Å². The molecule has 0 spiro atoms. The standard InChI is InChI=1S/C15H31N3.ClH/c1-13(2)18-10-6-15(7-11-18)17(3)12-14-4-8-16-9-5-14;/h13-16H,4-12H2,1-3H3;1H. The van der Waals surface area contributed by atoms with Gasteiger partial charge < -0.3 is 15.1 Å². The van der Waals surface area contributed by atoms with E-state index in [0.29, 0.717) is 0 Å². The third-order valence-electron chi connectivity index (χ3n) is 4.86. The van der Waals surface area contributed by atoms with E-state index >= 15 is 0 Å². The number of nitrogens with one attached hydrogen (secondary N) is 1. The van der Waals surface area contributed by atoms with E-state index in [2.05, 4.69) is 36.0 Å². The van der Waals surface area contributed by atoms with Crippen LogP contribution in [0, 0.1) is 5.92 Å². The highest BCUT2D eigenvalue weighted by molar-refractivity contribution is 5.85. The number of piperidine rings is 2. The summed E-state index contributed by atoms with van der Waals surface area (Å²) in [5.74, 6) is 0.930. The summed E-state index contributed by atoms with van der Waals surface area (Å²) >= 11 is 0. The van der Waals surface area contributed by atoms with E-state index in [-0.39, 0.29) is 12.4 Å². The summed E-state index contributed by atoms with van der Waals surface area (Å²) < 4.78 is 0. The number of halogens is 1. The molecule has 0 aromatic heterocycles. The number of hydrogen-bond acceptors (Lipinski definition) is 3. The maximum Gasteiger partial charge on any atom is 0.0117 e. The van der Waals surface area contributed by atoms with E-state index in [4.69, 9.17) is 0 Å². The van der Waals surface area contributed by atoms with Crippen LogP contribution in [0.4, 0.5) is 0 Å². The normalized spacial score (nSPS) is 23.8. The highest BCUT2D eigenvalue weighted by Crippen LogP contribution is 2.20. The molecule has 1 N–H and O–H groups in total. The smallest absolute Gasteiger partial charge is 0.0117 e. The average molecular weight is 290 g/mol. The van der Waals surface area contributed by atoms with Gasteiger partial charge in [0.1, 0.15) is 0 Å². The Morgan fingerprint density at radius 1 is 1.11 bits per heavy atom. The van der Waals surface area contributed by atoms with Crippen molar-refractivity contribution in [3.8, 4) is 0 Å². The van der Waals surface area contributed by atoms with Crippen LogP contribution >= 0.6 is 12.4 Å². The molecule has 2 rings (SSSR count). The molecule has 2 aliphatic heterocycles. The van der Waals surface area contributed by atoms with Gasteiger partial charge in [0.05, 0.1) is 0 Å². The molecule has 2 aliphatic rings. The summed E-state index contributed by atoms with van der Waals surface area (Å²) in [6, 6.07) is 1.55. The van der Waals surface area contributed by atoms with Gasteiger partial charge in [0.15, 0.2) is 0 Å². The number of hydrogen-bond donors (Lipinski definition) is 1. The summed E-state index contributed by atoms with van der Waals surface area (Å²) in [5, 5.41) is 3.46. The van der Waals surface area contributed by atoms with Crippen molar-refractivity contribution in [1.82, 2.24) is 15.1 Å². The zero-order chi connectivity index (χ0) is 13.0. The van der Waals surface area contributed by atoms with Gasteiger partial charge in [0, 0.05) is 18.6 Å². The Morgan fingerprint density at radius 3 is 2.21 bits per heavy atom. The molecule has 2 saturated heterocycles. The van der Waals surface area contributed by atoms with Crippen LogP contribution in [0.2, 0.25) is 0 Å². The number of rotatable bonds is 4. The van der Waals surface area contributed by atoms with Gasteiger partial charge in [-0.3, -0.25) is 0 Å². The fourth-order valence-electron chi connectivity index (χ4n) is 3.46. The molecule has 2 fully saturated rings. The molecule has 3 nitrogen and oxygen atoms in total. The topological polar surface area (TPSA) is 18.5 Å². The third-order valence-corrected chi connectivity index (χ3v) is 4.86. The van der Waals surface area contributed by atoms with Crippen molar-refractivity contribution < 1.29 is 0 Å². The van der Waals surface area contributed by atoms with Crippen molar-refractivity contribution >= 4 is 12.4 Å². The first-order chi connectivity index (χ1) is 8.66. The van der Waals surface area contributed by atoms with Gasteiger partial charge in [-0.15, -0.1) is 12.4 Å². The molecular weight excluding hydrogens is 258 g/mol. The lowest BCUT2D eigenvalue weighted by atomic mass is 9.95. The van der Waals surface area contributed by atoms with Crippen molar-refractivity contribution in [1.29, 1.82) is 0 Å². The van der Waals surface area contributed by atoms with Crippen LogP contribution in [-0.2, 0) is 0 Å². The van der Waals surface area contributed by atoms with E-state index in [1.54, 1.807) is 0 Å². The van der Waals surface area contributed by atoms with Crippen molar-refractivity contribution in [3.05, 3.63) is 0 Å². The molecule has 0 radical (unpaired) electrons. The lowest BCUT2D eigenvalue weighted by Gasteiger charge is -2.40. The summed E-state index contributed by atoms with van der Waals surface area (Å²) in [6.07, 6.45) is 5.46. The van der Waals surface area contributed by atoms with Gasteiger partial charge in [-0.1, -0.05) is 0 Å². The van der Waals surface area contributed by atoms with Gasteiger partial charge in [-0.25, -0.2) is 0 Å². The largest absolute Gasteiger partial charge is 0.317 e. The molecule has 0 atom stereocenters. The lowest BCUT2D eigenvalue weighted by molar-refractivity contribution is 0.0941. The minimum Gasteiger partial charge on any atom is -0.317 e. The first-order valence-electron chi connectivity index (χ1n) is 7.82. The van der Waals surface area contributed by atoms with Crippen LogP contribution in [0.25, 0.3) is 0 Å². The predicted octanol–water partition coefficient (Wildman–Crippen LogP) is 2.21. The van der Waals surface area contributed by atoms with Crippen LogP contribution in [-0.4, -0.2) is 61.7 Å².